The molecular formula is C14H25N3O2S2. The summed E-state index contributed by atoms with van der Waals surface area (Å²) in [6.45, 7) is 2.65. The highest BCUT2D eigenvalue weighted by Gasteiger charge is 2.26. The fourth-order valence-corrected chi connectivity index (χ4v) is 4.07. The first-order valence-electron chi connectivity index (χ1n) is 7.32. The predicted molar refractivity (Wildman–Crippen MR) is 88.1 cm³/mol. The number of aromatic amines is 1. The average Bonchev–Trinajstić information content (AvgIpc) is 3.17. The van der Waals surface area contributed by atoms with Gasteiger partial charge in [0.15, 0.2) is 0 Å². The Morgan fingerprint density at radius 3 is 2.86 bits per heavy atom. The minimum Gasteiger partial charge on any atom is -0.363 e. The lowest BCUT2D eigenvalue weighted by Crippen LogP contribution is -2.35. The van der Waals surface area contributed by atoms with Crippen molar-refractivity contribution in [3.05, 3.63) is 18.0 Å². The van der Waals surface area contributed by atoms with Crippen LogP contribution in [0.5, 0.6) is 0 Å². The first-order valence-corrected chi connectivity index (χ1v) is 10.2. The van der Waals surface area contributed by atoms with E-state index in [1.807, 2.05) is 13.2 Å². The summed E-state index contributed by atoms with van der Waals surface area (Å²) < 4.78 is 26.6. The van der Waals surface area contributed by atoms with Crippen LogP contribution in [-0.4, -0.2) is 48.8 Å². The standard InChI is InChI=1S/C14H25N3O2S2/c1-11(6-7-20-3)17(2)21(18,19)14-8-13(16-10-14)9-15-12-4-5-12/h8,10-12,15-16H,4-7,9H2,1-3H3. The molecule has 120 valence electrons. The largest absolute Gasteiger partial charge is 0.363 e. The minimum atomic E-state index is -3.41. The molecular weight excluding hydrogens is 306 g/mol. The van der Waals surface area contributed by atoms with Crippen LogP contribution >= 0.6 is 11.8 Å². The normalized spacial score (nSPS) is 17.3. The summed E-state index contributed by atoms with van der Waals surface area (Å²) in [6, 6.07) is 2.36. The van der Waals surface area contributed by atoms with E-state index in [0.29, 0.717) is 17.5 Å². The number of hydrogen-bond donors (Lipinski definition) is 2. The van der Waals surface area contributed by atoms with Gasteiger partial charge in [-0.1, -0.05) is 0 Å². The van der Waals surface area contributed by atoms with Crippen molar-refractivity contribution in [3.8, 4) is 0 Å². The lowest BCUT2D eigenvalue weighted by Gasteiger charge is -2.23. The van der Waals surface area contributed by atoms with Gasteiger partial charge in [-0.25, -0.2) is 8.42 Å². The summed E-state index contributed by atoms with van der Waals surface area (Å²) >= 11 is 1.74. The Morgan fingerprint density at radius 2 is 2.24 bits per heavy atom. The maximum absolute atomic E-state index is 12.6. The molecule has 0 spiro atoms. The van der Waals surface area contributed by atoms with Crippen molar-refractivity contribution >= 4 is 21.8 Å². The van der Waals surface area contributed by atoms with Crippen molar-refractivity contribution in [2.75, 3.05) is 19.1 Å². The fourth-order valence-electron chi connectivity index (χ4n) is 2.09. The highest BCUT2D eigenvalue weighted by atomic mass is 32.2. The van der Waals surface area contributed by atoms with Crippen LogP contribution in [0.4, 0.5) is 0 Å². The number of nitrogens with zero attached hydrogens (tertiary/aromatic N) is 1. The van der Waals surface area contributed by atoms with E-state index in [-0.39, 0.29) is 6.04 Å². The lowest BCUT2D eigenvalue weighted by atomic mass is 10.3. The Morgan fingerprint density at radius 1 is 1.52 bits per heavy atom. The topological polar surface area (TPSA) is 65.2 Å². The molecule has 1 saturated carbocycles. The molecule has 0 radical (unpaired) electrons. The van der Waals surface area contributed by atoms with Crippen LogP contribution in [-0.2, 0) is 16.6 Å². The second-order valence-electron chi connectivity index (χ2n) is 5.67. The third-order valence-corrected chi connectivity index (χ3v) is 6.51. The van der Waals surface area contributed by atoms with E-state index in [2.05, 4.69) is 10.3 Å². The van der Waals surface area contributed by atoms with Gasteiger partial charge in [0.25, 0.3) is 0 Å². The van der Waals surface area contributed by atoms with E-state index in [9.17, 15) is 8.42 Å². The number of rotatable bonds is 9. The van der Waals surface area contributed by atoms with Gasteiger partial charge in [-0.15, -0.1) is 0 Å². The van der Waals surface area contributed by atoms with Crippen molar-refractivity contribution in [3.63, 3.8) is 0 Å². The van der Waals surface area contributed by atoms with Crippen molar-refractivity contribution in [1.82, 2.24) is 14.6 Å². The number of aromatic nitrogens is 1. The van der Waals surface area contributed by atoms with Crippen molar-refractivity contribution < 1.29 is 8.42 Å². The van der Waals surface area contributed by atoms with Gasteiger partial charge in [0.2, 0.25) is 10.0 Å². The van der Waals surface area contributed by atoms with E-state index in [1.54, 1.807) is 31.1 Å². The van der Waals surface area contributed by atoms with Crippen molar-refractivity contribution in [1.29, 1.82) is 0 Å². The average molecular weight is 332 g/mol. The second-order valence-corrected chi connectivity index (χ2v) is 8.65. The third kappa shape index (κ3) is 4.48. The maximum Gasteiger partial charge on any atom is 0.244 e. The third-order valence-electron chi connectivity index (χ3n) is 3.91. The van der Waals surface area contributed by atoms with E-state index < -0.39 is 10.0 Å². The smallest absolute Gasteiger partial charge is 0.244 e. The molecule has 0 amide bonds. The van der Waals surface area contributed by atoms with Gasteiger partial charge in [0.05, 0.1) is 4.90 Å². The molecule has 2 rings (SSSR count). The Labute approximate surface area is 131 Å². The van der Waals surface area contributed by atoms with Crippen LogP contribution in [0.2, 0.25) is 0 Å². The SMILES string of the molecule is CSCCC(C)N(C)S(=O)(=O)c1c[nH]c(CNC2CC2)c1. The van der Waals surface area contributed by atoms with Gasteiger partial charge in [0.1, 0.15) is 0 Å². The molecule has 2 N–H and O–H groups in total. The first kappa shape index (κ1) is 16.9. The molecule has 1 atom stereocenters. The van der Waals surface area contributed by atoms with Crippen LogP contribution < -0.4 is 5.32 Å². The van der Waals surface area contributed by atoms with Gasteiger partial charge in [-0.3, -0.25) is 0 Å². The van der Waals surface area contributed by atoms with Crippen LogP contribution in [0.15, 0.2) is 17.2 Å². The molecule has 1 fully saturated rings. The minimum absolute atomic E-state index is 0.00499. The maximum atomic E-state index is 12.6. The fraction of sp³-hybridized carbons (Fsp3) is 0.714. The van der Waals surface area contributed by atoms with Gasteiger partial charge in [0, 0.05) is 37.6 Å². The molecule has 21 heavy (non-hydrogen) atoms. The molecule has 5 nitrogen and oxygen atoms in total. The van der Waals surface area contributed by atoms with Crippen LogP contribution in [0.1, 0.15) is 31.9 Å². The molecule has 1 aromatic rings. The van der Waals surface area contributed by atoms with Crippen molar-refractivity contribution in [2.45, 2.75) is 49.7 Å². The van der Waals surface area contributed by atoms with Crippen LogP contribution in [0, 0.1) is 0 Å². The highest BCUT2D eigenvalue weighted by Crippen LogP contribution is 2.21. The summed E-state index contributed by atoms with van der Waals surface area (Å²) in [7, 11) is -1.74. The summed E-state index contributed by atoms with van der Waals surface area (Å²) in [6.07, 6.45) is 6.93. The van der Waals surface area contributed by atoms with Gasteiger partial charge < -0.3 is 10.3 Å². The highest BCUT2D eigenvalue weighted by molar-refractivity contribution is 7.98. The lowest BCUT2D eigenvalue weighted by molar-refractivity contribution is 0.382. The molecule has 1 unspecified atom stereocenters. The van der Waals surface area contributed by atoms with E-state index in [4.69, 9.17) is 0 Å². The van der Waals surface area contributed by atoms with E-state index in [0.717, 1.165) is 17.9 Å². The molecule has 1 aromatic heterocycles. The number of sulfonamides is 1. The number of nitrogens with one attached hydrogen (secondary N) is 2. The molecule has 0 aromatic carbocycles. The van der Waals surface area contributed by atoms with Crippen LogP contribution in [0.3, 0.4) is 0 Å². The number of thioether (sulfide) groups is 1. The molecule has 0 saturated heterocycles. The second kappa shape index (κ2) is 7.17. The Kier molecular flexibility index (Phi) is 5.76. The monoisotopic (exact) mass is 331 g/mol. The van der Waals surface area contributed by atoms with Crippen LogP contribution in [0.25, 0.3) is 0 Å². The quantitative estimate of drug-likeness (QED) is 0.727. The summed E-state index contributed by atoms with van der Waals surface area (Å²) in [5.41, 5.74) is 0.922. The Hall–Kier alpha value is -0.500. The molecule has 0 aliphatic heterocycles. The van der Waals surface area contributed by atoms with Crippen molar-refractivity contribution in [2.24, 2.45) is 0 Å². The summed E-state index contributed by atoms with van der Waals surface area (Å²) in [5.74, 6) is 0.963. The molecule has 0 bridgehead atoms. The molecule has 7 heteroatoms. The van der Waals surface area contributed by atoms with Gasteiger partial charge in [-0.2, -0.15) is 16.1 Å². The first-order chi connectivity index (χ1) is 9.95. The zero-order valence-corrected chi connectivity index (χ0v) is 14.6. The summed E-state index contributed by atoms with van der Waals surface area (Å²) in [5, 5.41) is 3.38. The molecule has 1 heterocycles. The number of H-pyrrole nitrogens is 1. The Bertz CT molecular complexity index is 552. The number of hydrogen-bond acceptors (Lipinski definition) is 4. The molecule has 1 aliphatic carbocycles. The van der Waals surface area contributed by atoms with E-state index >= 15 is 0 Å². The summed E-state index contributed by atoms with van der Waals surface area (Å²) in [4.78, 5) is 3.41. The zero-order chi connectivity index (χ0) is 15.5. The predicted octanol–water partition coefficient (Wildman–Crippen LogP) is 2.03. The Balaban J connectivity index is 2.00. The van der Waals surface area contributed by atoms with E-state index in [1.165, 1.54) is 17.1 Å². The zero-order valence-electron chi connectivity index (χ0n) is 12.9. The van der Waals surface area contributed by atoms with Gasteiger partial charge >= 0.3 is 0 Å². The molecule has 1 aliphatic rings. The van der Waals surface area contributed by atoms with Gasteiger partial charge in [-0.05, 0) is 44.3 Å².